The zero-order valence-electron chi connectivity index (χ0n) is 13.8. The molecule has 2 fully saturated rings. The fourth-order valence-electron chi connectivity index (χ4n) is 3.23. The quantitative estimate of drug-likeness (QED) is 0.913. The molecule has 2 aliphatic rings. The molecule has 1 N–H and O–H groups in total. The van der Waals surface area contributed by atoms with E-state index in [0.29, 0.717) is 32.6 Å². The number of aliphatic hydroxyl groups excluding tert-OH is 1. The van der Waals surface area contributed by atoms with Crippen molar-refractivity contribution in [2.24, 2.45) is 5.92 Å². The third-order valence-electron chi connectivity index (χ3n) is 4.71. The van der Waals surface area contributed by atoms with Crippen LogP contribution in [0.15, 0.2) is 30.3 Å². The Hall–Kier alpha value is -2.08. The lowest BCUT2D eigenvalue weighted by Gasteiger charge is -2.38. The second kappa shape index (κ2) is 7.66. The number of hydrogen-bond acceptors (Lipinski definition) is 4. The van der Waals surface area contributed by atoms with Gasteiger partial charge in [0.25, 0.3) is 0 Å². The van der Waals surface area contributed by atoms with Crippen LogP contribution in [-0.4, -0.2) is 59.2 Å². The molecule has 6 heteroatoms. The largest absolute Gasteiger partial charge is 0.445 e. The number of carbonyl (C=O) groups excluding carboxylic acids is 2. The second-order valence-electron chi connectivity index (χ2n) is 6.55. The van der Waals surface area contributed by atoms with Gasteiger partial charge in [-0.05, 0) is 24.8 Å². The van der Waals surface area contributed by atoms with E-state index in [1.54, 1.807) is 9.80 Å². The minimum absolute atomic E-state index is 0.0515. The molecule has 130 valence electrons. The lowest BCUT2D eigenvalue weighted by molar-refractivity contribution is -0.146. The molecule has 0 unspecified atom stereocenters. The molecule has 0 aliphatic carbocycles. The molecule has 0 aromatic heterocycles. The first-order valence-electron chi connectivity index (χ1n) is 8.56. The van der Waals surface area contributed by atoms with Gasteiger partial charge in [-0.15, -0.1) is 0 Å². The van der Waals surface area contributed by atoms with Crippen molar-refractivity contribution in [3.8, 4) is 0 Å². The van der Waals surface area contributed by atoms with Gasteiger partial charge in [-0.25, -0.2) is 4.79 Å². The van der Waals surface area contributed by atoms with Gasteiger partial charge in [0.2, 0.25) is 5.91 Å². The summed E-state index contributed by atoms with van der Waals surface area (Å²) in [6.45, 7) is 2.32. The van der Waals surface area contributed by atoms with Crippen molar-refractivity contribution in [3.05, 3.63) is 35.9 Å². The molecular formula is C18H24N2O4. The second-order valence-corrected chi connectivity index (χ2v) is 6.55. The van der Waals surface area contributed by atoms with E-state index in [0.717, 1.165) is 18.4 Å². The molecule has 2 saturated heterocycles. The van der Waals surface area contributed by atoms with E-state index in [2.05, 4.69) is 0 Å². The van der Waals surface area contributed by atoms with Crippen LogP contribution in [0.5, 0.6) is 0 Å². The Morgan fingerprint density at radius 1 is 1.08 bits per heavy atom. The van der Waals surface area contributed by atoms with Crippen molar-refractivity contribution >= 4 is 12.0 Å². The summed E-state index contributed by atoms with van der Waals surface area (Å²) < 4.78 is 5.37. The molecular weight excluding hydrogens is 308 g/mol. The van der Waals surface area contributed by atoms with Crippen LogP contribution in [0, 0.1) is 5.92 Å². The van der Waals surface area contributed by atoms with Crippen molar-refractivity contribution < 1.29 is 19.4 Å². The minimum Gasteiger partial charge on any atom is -0.445 e. The summed E-state index contributed by atoms with van der Waals surface area (Å²) in [4.78, 5) is 28.0. The van der Waals surface area contributed by atoms with E-state index in [1.165, 1.54) is 0 Å². The van der Waals surface area contributed by atoms with Crippen LogP contribution in [0.4, 0.5) is 4.79 Å². The number of aliphatic hydroxyl groups is 1. The van der Waals surface area contributed by atoms with Crippen LogP contribution < -0.4 is 0 Å². The number of ether oxygens (including phenoxy) is 1. The number of rotatable bonds is 3. The standard InChI is InChI=1S/C18H24N2O4/c21-16-11-20(12-16)17(22)15-7-4-9-19(10-8-15)18(23)24-13-14-5-2-1-3-6-14/h1-3,5-6,15-16,21H,4,7-13H2/t15-/m1/s1. The topological polar surface area (TPSA) is 70.1 Å². The number of benzene rings is 1. The fourth-order valence-corrected chi connectivity index (χ4v) is 3.23. The van der Waals surface area contributed by atoms with Gasteiger partial charge >= 0.3 is 6.09 Å². The van der Waals surface area contributed by atoms with Gasteiger partial charge in [-0.3, -0.25) is 4.79 Å². The normalized spacial score (nSPS) is 21.8. The zero-order valence-corrected chi connectivity index (χ0v) is 13.8. The van der Waals surface area contributed by atoms with E-state index < -0.39 is 0 Å². The maximum atomic E-state index is 12.3. The molecule has 0 spiro atoms. The molecule has 24 heavy (non-hydrogen) atoms. The predicted octanol–water partition coefficient (Wildman–Crippen LogP) is 1.63. The Labute approximate surface area is 142 Å². The first-order valence-corrected chi connectivity index (χ1v) is 8.56. The molecule has 2 aliphatic heterocycles. The van der Waals surface area contributed by atoms with E-state index >= 15 is 0 Å². The highest BCUT2D eigenvalue weighted by Crippen LogP contribution is 2.23. The van der Waals surface area contributed by atoms with Gasteiger partial charge in [0.1, 0.15) is 6.61 Å². The SMILES string of the molecule is O=C(OCc1ccccc1)N1CCC[C@@H](C(=O)N2CC(O)C2)CC1. The molecule has 0 bridgehead atoms. The monoisotopic (exact) mass is 332 g/mol. The maximum Gasteiger partial charge on any atom is 0.410 e. The summed E-state index contributed by atoms with van der Waals surface area (Å²) in [6, 6.07) is 9.60. The maximum absolute atomic E-state index is 12.3. The smallest absolute Gasteiger partial charge is 0.410 e. The molecule has 0 saturated carbocycles. The zero-order chi connectivity index (χ0) is 16.9. The third-order valence-corrected chi connectivity index (χ3v) is 4.71. The molecule has 2 heterocycles. The lowest BCUT2D eigenvalue weighted by atomic mass is 9.97. The average molecular weight is 332 g/mol. The van der Waals surface area contributed by atoms with Crippen molar-refractivity contribution in [2.45, 2.75) is 32.0 Å². The minimum atomic E-state index is -0.371. The van der Waals surface area contributed by atoms with Crippen LogP contribution in [0.25, 0.3) is 0 Å². The van der Waals surface area contributed by atoms with Crippen LogP contribution >= 0.6 is 0 Å². The van der Waals surface area contributed by atoms with Crippen LogP contribution in [0.3, 0.4) is 0 Å². The molecule has 6 nitrogen and oxygen atoms in total. The Balaban J connectivity index is 1.46. The number of carbonyl (C=O) groups is 2. The van der Waals surface area contributed by atoms with Crippen molar-refractivity contribution in [3.63, 3.8) is 0 Å². The highest BCUT2D eigenvalue weighted by atomic mass is 16.6. The third kappa shape index (κ3) is 4.06. The highest BCUT2D eigenvalue weighted by molar-refractivity contribution is 5.80. The summed E-state index contributed by atoms with van der Waals surface area (Å²) in [5, 5.41) is 9.33. The van der Waals surface area contributed by atoms with Crippen molar-refractivity contribution in [1.82, 2.24) is 9.80 Å². The van der Waals surface area contributed by atoms with Crippen molar-refractivity contribution in [2.75, 3.05) is 26.2 Å². The van der Waals surface area contributed by atoms with Gasteiger partial charge in [0.15, 0.2) is 0 Å². The van der Waals surface area contributed by atoms with Gasteiger partial charge in [-0.2, -0.15) is 0 Å². The van der Waals surface area contributed by atoms with Crippen LogP contribution in [0.2, 0.25) is 0 Å². The van der Waals surface area contributed by atoms with Gasteiger partial charge in [0.05, 0.1) is 6.10 Å². The van der Waals surface area contributed by atoms with Crippen LogP contribution in [0.1, 0.15) is 24.8 Å². The summed E-state index contributed by atoms with van der Waals surface area (Å²) in [5.74, 6) is 0.0595. The van der Waals surface area contributed by atoms with E-state index in [-0.39, 0.29) is 30.6 Å². The molecule has 1 atom stereocenters. The number of amides is 2. The van der Waals surface area contributed by atoms with Gasteiger partial charge in [0, 0.05) is 32.1 Å². The van der Waals surface area contributed by atoms with E-state index in [4.69, 9.17) is 4.74 Å². The van der Waals surface area contributed by atoms with Gasteiger partial charge in [-0.1, -0.05) is 30.3 Å². The predicted molar refractivity (Wildman–Crippen MR) is 88.1 cm³/mol. The first-order chi connectivity index (χ1) is 11.6. The summed E-state index contributed by atoms with van der Waals surface area (Å²) in [5.41, 5.74) is 0.963. The van der Waals surface area contributed by atoms with Crippen LogP contribution in [-0.2, 0) is 16.1 Å². The van der Waals surface area contributed by atoms with E-state index in [1.807, 2.05) is 30.3 Å². The lowest BCUT2D eigenvalue weighted by Crippen LogP contribution is -2.55. The molecule has 3 rings (SSSR count). The molecule has 1 aromatic carbocycles. The van der Waals surface area contributed by atoms with Gasteiger partial charge < -0.3 is 19.6 Å². The summed E-state index contributed by atoms with van der Waals surface area (Å²) in [7, 11) is 0. The number of nitrogens with zero attached hydrogens (tertiary/aromatic N) is 2. The van der Waals surface area contributed by atoms with Crippen molar-refractivity contribution in [1.29, 1.82) is 0 Å². The Bertz CT molecular complexity index is 572. The Morgan fingerprint density at radius 2 is 1.83 bits per heavy atom. The number of hydrogen-bond donors (Lipinski definition) is 1. The molecule has 2 amide bonds. The molecule has 1 aromatic rings. The fraction of sp³-hybridized carbons (Fsp3) is 0.556. The average Bonchev–Trinajstić information content (AvgIpc) is 2.83. The summed E-state index contributed by atoms with van der Waals surface area (Å²) >= 11 is 0. The Morgan fingerprint density at radius 3 is 2.54 bits per heavy atom. The number of likely N-dealkylation sites (tertiary alicyclic amines) is 2. The van der Waals surface area contributed by atoms with E-state index in [9.17, 15) is 14.7 Å². The Kier molecular flexibility index (Phi) is 5.35. The summed E-state index contributed by atoms with van der Waals surface area (Å²) in [6.07, 6.45) is 1.56. The first kappa shape index (κ1) is 16.8. The molecule has 0 radical (unpaired) electrons. The highest BCUT2D eigenvalue weighted by Gasteiger charge is 2.34. The number of β-amino-alcohol motifs (C(OH)–C–C–N with tert-alkyl or cyclic N) is 1.